The van der Waals surface area contributed by atoms with Crippen molar-refractivity contribution in [3.05, 3.63) is 47.3 Å². The van der Waals surface area contributed by atoms with Gasteiger partial charge in [0.05, 0.1) is 35.3 Å². The van der Waals surface area contributed by atoms with Crippen LogP contribution in [0.4, 0.5) is 42.8 Å². The number of anilines is 2. The zero-order chi connectivity index (χ0) is 33.9. The maximum absolute atomic E-state index is 13.8. The van der Waals surface area contributed by atoms with Crippen LogP contribution in [0.15, 0.2) is 30.6 Å². The Morgan fingerprint density at radius 2 is 1.49 bits per heavy atom. The summed E-state index contributed by atoms with van der Waals surface area (Å²) in [5, 5.41) is 9.96. The van der Waals surface area contributed by atoms with Crippen molar-refractivity contribution in [3.63, 3.8) is 0 Å². The third-order valence-electron chi connectivity index (χ3n) is 9.70. The number of β-amino-alcohol motifs (C(OH)–C–C–N with tert-alkyl or cyclic N) is 1. The van der Waals surface area contributed by atoms with E-state index in [1.807, 2.05) is 18.7 Å². The molecule has 1 unspecified atom stereocenters. The van der Waals surface area contributed by atoms with Crippen LogP contribution in [-0.4, -0.2) is 69.5 Å². The number of carbonyl (C=O) groups is 1. The van der Waals surface area contributed by atoms with Gasteiger partial charge in [-0.15, -0.1) is 0 Å². The summed E-state index contributed by atoms with van der Waals surface area (Å²) in [6, 6.07) is 0.679. The van der Waals surface area contributed by atoms with Crippen LogP contribution in [0, 0.1) is 0 Å². The van der Waals surface area contributed by atoms with Crippen molar-refractivity contribution in [1.29, 1.82) is 0 Å². The molecule has 3 heterocycles. The lowest BCUT2D eigenvalue weighted by Crippen LogP contribution is -2.57. The topological polar surface area (TPSA) is 82.0 Å². The molecule has 2 aromatic rings. The highest BCUT2D eigenvalue weighted by atomic mass is 19.4. The Balaban J connectivity index is 1.48. The first-order chi connectivity index (χ1) is 22.3. The number of halogens is 6. The Bertz CT molecular complexity index is 1310. The van der Waals surface area contributed by atoms with Crippen molar-refractivity contribution in [3.8, 4) is 0 Å². The normalized spacial score (nSPS) is 24.4. The number of amides is 1. The van der Waals surface area contributed by atoms with E-state index in [0.29, 0.717) is 50.9 Å². The molecule has 2 aliphatic heterocycles. The number of aromatic nitrogens is 2. The fourth-order valence-corrected chi connectivity index (χ4v) is 7.19. The summed E-state index contributed by atoms with van der Waals surface area (Å²) >= 11 is 0. The van der Waals surface area contributed by atoms with Gasteiger partial charge in [0.25, 0.3) is 0 Å². The molecule has 3 fully saturated rings. The summed E-state index contributed by atoms with van der Waals surface area (Å²) in [5.41, 5.74) is -2.29. The number of aliphatic hydroxyl groups is 1. The highest BCUT2D eigenvalue weighted by Crippen LogP contribution is 2.38. The molecule has 1 N–H and O–H groups in total. The highest BCUT2D eigenvalue weighted by molar-refractivity contribution is 5.69. The third-order valence-corrected chi connectivity index (χ3v) is 9.70. The third kappa shape index (κ3) is 8.42. The van der Waals surface area contributed by atoms with Crippen molar-refractivity contribution < 1.29 is 41.0 Å². The fourth-order valence-electron chi connectivity index (χ4n) is 7.19. The predicted molar refractivity (Wildman–Crippen MR) is 164 cm³/mol. The highest BCUT2D eigenvalue weighted by Gasteiger charge is 2.42. The molecule has 1 aromatic carbocycles. The summed E-state index contributed by atoms with van der Waals surface area (Å²) < 4.78 is 88.6. The lowest BCUT2D eigenvalue weighted by molar-refractivity contribution is -0.143. The second kappa shape index (κ2) is 14.4. The van der Waals surface area contributed by atoms with Gasteiger partial charge in [0.1, 0.15) is 6.10 Å². The molecule has 260 valence electrons. The maximum Gasteiger partial charge on any atom is 0.416 e. The summed E-state index contributed by atoms with van der Waals surface area (Å²) in [6.45, 7) is 4.59. The van der Waals surface area contributed by atoms with Gasteiger partial charge in [-0.3, -0.25) is 0 Å². The molecule has 0 spiro atoms. The Hall–Kier alpha value is -3.29. The first-order valence-corrected chi connectivity index (χ1v) is 16.6. The minimum absolute atomic E-state index is 0.125. The molecule has 4 atom stereocenters. The summed E-state index contributed by atoms with van der Waals surface area (Å²) in [7, 11) is 0. The van der Waals surface area contributed by atoms with E-state index in [2.05, 4.69) is 9.97 Å². The molecule has 0 radical (unpaired) electrons. The van der Waals surface area contributed by atoms with Crippen LogP contribution in [-0.2, 0) is 23.6 Å². The summed E-state index contributed by atoms with van der Waals surface area (Å²) in [4.78, 5) is 28.0. The van der Waals surface area contributed by atoms with E-state index >= 15 is 0 Å². The van der Waals surface area contributed by atoms with Crippen LogP contribution >= 0.6 is 0 Å². The standard InChI is InChI=1S/C33H43F6N5O3/c1-3-24-15-26(16-25(4-2)44(24)31(46)47-29-8-6-5-7-9-29)43(30-40-17-27(18-41-30)42-11-10-28(45)20-42)19-21-12-22(32(34,35)36)14-23(13-21)33(37,38)39/h12-14,17-18,24-26,28-29,45H,3-11,15-16,19-20H2,1-2H3/t24-,25+,26?,28-/m0/s1. The molecular formula is C33H43F6N5O3. The molecule has 2 saturated heterocycles. The summed E-state index contributed by atoms with van der Waals surface area (Å²) in [5.74, 6) is 0.160. The second-order valence-corrected chi connectivity index (χ2v) is 13.0. The van der Waals surface area contributed by atoms with E-state index in [9.17, 15) is 36.2 Å². The number of nitrogens with zero attached hydrogens (tertiary/aromatic N) is 5. The number of ether oxygens (including phenoxy) is 1. The molecule has 5 rings (SSSR count). The van der Waals surface area contributed by atoms with Gasteiger partial charge in [-0.05, 0) is 81.5 Å². The number of alkyl halides is 6. The van der Waals surface area contributed by atoms with E-state index in [4.69, 9.17) is 4.74 Å². The average Bonchev–Trinajstić information content (AvgIpc) is 3.48. The molecule has 1 aromatic heterocycles. The Morgan fingerprint density at radius 1 is 0.915 bits per heavy atom. The van der Waals surface area contributed by atoms with Gasteiger partial charge in [0, 0.05) is 37.8 Å². The predicted octanol–water partition coefficient (Wildman–Crippen LogP) is 7.58. The van der Waals surface area contributed by atoms with Crippen LogP contribution in [0.5, 0.6) is 0 Å². The maximum atomic E-state index is 13.8. The van der Waals surface area contributed by atoms with E-state index in [0.717, 1.165) is 44.2 Å². The number of hydrogen-bond acceptors (Lipinski definition) is 7. The molecule has 1 aliphatic carbocycles. The van der Waals surface area contributed by atoms with Crippen molar-refractivity contribution in [2.75, 3.05) is 22.9 Å². The van der Waals surface area contributed by atoms with E-state index in [-0.39, 0.29) is 48.4 Å². The minimum Gasteiger partial charge on any atom is -0.446 e. The average molecular weight is 672 g/mol. The van der Waals surface area contributed by atoms with Gasteiger partial charge in [0.2, 0.25) is 5.95 Å². The van der Waals surface area contributed by atoms with E-state index in [1.165, 1.54) is 0 Å². The molecular weight excluding hydrogens is 628 g/mol. The number of aliphatic hydroxyl groups excluding tert-OH is 1. The van der Waals surface area contributed by atoms with E-state index in [1.54, 1.807) is 22.2 Å². The number of likely N-dealkylation sites (tertiary alicyclic amines) is 1. The fraction of sp³-hybridized carbons (Fsp3) is 0.667. The lowest BCUT2D eigenvalue weighted by Gasteiger charge is -2.47. The van der Waals surface area contributed by atoms with Crippen molar-refractivity contribution in [2.45, 2.75) is 127 Å². The molecule has 3 aliphatic rings. The van der Waals surface area contributed by atoms with Gasteiger partial charge in [0.15, 0.2) is 0 Å². The zero-order valence-corrected chi connectivity index (χ0v) is 26.7. The van der Waals surface area contributed by atoms with Crippen LogP contribution in [0.3, 0.4) is 0 Å². The number of benzene rings is 1. The molecule has 8 nitrogen and oxygen atoms in total. The van der Waals surface area contributed by atoms with Crippen LogP contribution in [0.1, 0.15) is 94.7 Å². The van der Waals surface area contributed by atoms with Gasteiger partial charge in [-0.25, -0.2) is 14.8 Å². The van der Waals surface area contributed by atoms with Gasteiger partial charge in [-0.2, -0.15) is 26.3 Å². The number of carbonyl (C=O) groups excluding carboxylic acids is 1. The Morgan fingerprint density at radius 3 is 1.98 bits per heavy atom. The summed E-state index contributed by atoms with van der Waals surface area (Å²) in [6.07, 6.45) is -0.496. The van der Waals surface area contributed by atoms with E-state index < -0.39 is 35.6 Å². The SMILES string of the molecule is CC[C@@H]1CC(N(Cc2cc(C(F)(F)F)cc(C(F)(F)F)c2)c2ncc(N3CC[C@H](O)C3)cn2)C[C@H](CC)N1C(=O)OC1CCCCC1. The molecule has 0 bridgehead atoms. The largest absolute Gasteiger partial charge is 0.446 e. The minimum atomic E-state index is -4.98. The smallest absolute Gasteiger partial charge is 0.416 e. The van der Waals surface area contributed by atoms with Crippen molar-refractivity contribution in [1.82, 2.24) is 14.9 Å². The Kier molecular flexibility index (Phi) is 10.8. The molecule has 14 heteroatoms. The van der Waals surface area contributed by atoms with Gasteiger partial charge in [-0.1, -0.05) is 20.3 Å². The first-order valence-electron chi connectivity index (χ1n) is 16.6. The monoisotopic (exact) mass is 671 g/mol. The molecule has 47 heavy (non-hydrogen) atoms. The van der Waals surface area contributed by atoms with Gasteiger partial charge >= 0.3 is 18.4 Å². The van der Waals surface area contributed by atoms with Crippen LogP contribution in [0.25, 0.3) is 0 Å². The second-order valence-electron chi connectivity index (χ2n) is 13.0. The molecule has 1 saturated carbocycles. The van der Waals surface area contributed by atoms with Crippen LogP contribution in [0.2, 0.25) is 0 Å². The zero-order valence-electron chi connectivity index (χ0n) is 26.7. The van der Waals surface area contributed by atoms with Crippen LogP contribution < -0.4 is 9.80 Å². The number of piperidine rings is 1. The quantitative estimate of drug-likeness (QED) is 0.290. The van der Waals surface area contributed by atoms with Crippen molar-refractivity contribution >= 4 is 17.7 Å². The molecule has 1 amide bonds. The lowest BCUT2D eigenvalue weighted by atomic mass is 9.87. The van der Waals surface area contributed by atoms with Crippen molar-refractivity contribution in [2.24, 2.45) is 0 Å². The number of hydrogen-bond donors (Lipinski definition) is 1. The van der Waals surface area contributed by atoms with Gasteiger partial charge < -0.3 is 24.5 Å². The Labute approximate surface area is 271 Å². The first kappa shape index (κ1) is 35.0. The number of rotatable bonds is 8.